The number of hydrogen-bond acceptors (Lipinski definition) is 3. The molecule has 1 heterocycles. The van der Waals surface area contributed by atoms with Gasteiger partial charge >= 0.3 is 5.97 Å². The second-order valence-corrected chi connectivity index (χ2v) is 4.95. The van der Waals surface area contributed by atoms with E-state index in [4.69, 9.17) is 9.84 Å². The van der Waals surface area contributed by atoms with Crippen LogP contribution < -0.4 is 0 Å². The lowest BCUT2D eigenvalue weighted by Gasteiger charge is -2.41. The Morgan fingerprint density at radius 2 is 2.19 bits per heavy atom. The van der Waals surface area contributed by atoms with Crippen molar-refractivity contribution in [3.05, 3.63) is 0 Å². The van der Waals surface area contributed by atoms with E-state index in [2.05, 4.69) is 0 Å². The van der Waals surface area contributed by atoms with Crippen LogP contribution in [0.5, 0.6) is 0 Å². The van der Waals surface area contributed by atoms with E-state index in [9.17, 15) is 9.59 Å². The zero-order valence-corrected chi connectivity index (χ0v) is 10.0. The minimum absolute atomic E-state index is 0.0333. The van der Waals surface area contributed by atoms with Gasteiger partial charge in [-0.3, -0.25) is 9.59 Å². The molecule has 1 atom stereocenters. The molecule has 16 heavy (non-hydrogen) atoms. The maximum atomic E-state index is 12.0. The van der Waals surface area contributed by atoms with Gasteiger partial charge in [0.1, 0.15) is 6.10 Å². The lowest BCUT2D eigenvalue weighted by atomic mass is 10.0. The van der Waals surface area contributed by atoms with Gasteiger partial charge in [-0.1, -0.05) is 0 Å². The summed E-state index contributed by atoms with van der Waals surface area (Å²) in [5.41, 5.74) is -0.234. The van der Waals surface area contributed by atoms with E-state index < -0.39 is 12.1 Å². The molecule has 1 aliphatic heterocycles. The number of carbonyl (C=O) groups is 2. The average molecular weight is 229 g/mol. The highest BCUT2D eigenvalue weighted by molar-refractivity contribution is 5.82. The van der Waals surface area contributed by atoms with E-state index in [1.54, 1.807) is 4.90 Å². The molecule has 1 N–H and O–H groups in total. The molecule has 0 saturated carbocycles. The number of amides is 1. The third-order valence-electron chi connectivity index (χ3n) is 2.61. The lowest BCUT2D eigenvalue weighted by molar-refractivity contribution is -0.160. The van der Waals surface area contributed by atoms with Crippen molar-refractivity contribution in [1.29, 1.82) is 0 Å². The molecular weight excluding hydrogens is 210 g/mol. The van der Waals surface area contributed by atoms with Crippen LogP contribution in [0.1, 0.15) is 33.6 Å². The molecule has 0 spiro atoms. The van der Waals surface area contributed by atoms with Gasteiger partial charge in [0, 0.05) is 18.5 Å². The van der Waals surface area contributed by atoms with Crippen molar-refractivity contribution < 1.29 is 19.4 Å². The van der Waals surface area contributed by atoms with E-state index >= 15 is 0 Å². The highest BCUT2D eigenvalue weighted by atomic mass is 16.5. The van der Waals surface area contributed by atoms with Crippen molar-refractivity contribution in [3.63, 3.8) is 0 Å². The molecule has 0 aromatic heterocycles. The number of ether oxygens (including phenoxy) is 1. The fraction of sp³-hybridized carbons (Fsp3) is 0.818. The molecule has 0 bridgehead atoms. The van der Waals surface area contributed by atoms with Crippen LogP contribution in [0.25, 0.3) is 0 Å². The summed E-state index contributed by atoms with van der Waals surface area (Å²) >= 11 is 0. The van der Waals surface area contributed by atoms with E-state index in [-0.39, 0.29) is 24.3 Å². The summed E-state index contributed by atoms with van der Waals surface area (Å²) in [6.45, 7) is 6.94. The molecule has 5 nitrogen and oxygen atoms in total. The van der Waals surface area contributed by atoms with Gasteiger partial charge in [-0.05, 0) is 27.2 Å². The summed E-state index contributed by atoms with van der Waals surface area (Å²) < 4.78 is 5.31. The highest BCUT2D eigenvalue weighted by Gasteiger charge is 2.35. The molecule has 92 valence electrons. The monoisotopic (exact) mass is 229 g/mol. The first-order chi connectivity index (χ1) is 7.32. The van der Waals surface area contributed by atoms with Gasteiger partial charge in [-0.15, -0.1) is 0 Å². The van der Waals surface area contributed by atoms with Gasteiger partial charge in [0.2, 0.25) is 0 Å². The van der Waals surface area contributed by atoms with Crippen molar-refractivity contribution in [3.8, 4) is 0 Å². The zero-order chi connectivity index (χ0) is 12.3. The van der Waals surface area contributed by atoms with Gasteiger partial charge in [0.15, 0.2) is 0 Å². The maximum Gasteiger partial charge on any atom is 0.303 e. The smallest absolute Gasteiger partial charge is 0.303 e. The van der Waals surface area contributed by atoms with Gasteiger partial charge in [-0.2, -0.15) is 0 Å². The van der Waals surface area contributed by atoms with E-state index in [1.807, 2.05) is 20.8 Å². The molecule has 1 amide bonds. The summed E-state index contributed by atoms with van der Waals surface area (Å²) in [6.07, 6.45) is -0.376. The molecule has 0 aromatic rings. The van der Waals surface area contributed by atoms with Crippen LogP contribution in [0, 0.1) is 0 Å². The summed E-state index contributed by atoms with van der Waals surface area (Å²) in [5.74, 6) is -0.996. The predicted octanol–water partition coefficient (Wildman–Crippen LogP) is 0.877. The van der Waals surface area contributed by atoms with Gasteiger partial charge in [0.25, 0.3) is 5.91 Å². The molecule has 1 fully saturated rings. The second-order valence-electron chi connectivity index (χ2n) is 4.95. The second kappa shape index (κ2) is 4.82. The van der Waals surface area contributed by atoms with Crippen molar-refractivity contribution in [2.45, 2.75) is 45.3 Å². The molecule has 1 aliphatic rings. The van der Waals surface area contributed by atoms with Crippen molar-refractivity contribution in [1.82, 2.24) is 4.90 Å². The minimum atomic E-state index is -0.899. The number of carboxylic acid groups (broad SMARTS) is 1. The summed E-state index contributed by atoms with van der Waals surface area (Å²) in [6, 6.07) is 0. The van der Waals surface area contributed by atoms with Gasteiger partial charge in [-0.25, -0.2) is 0 Å². The van der Waals surface area contributed by atoms with Crippen molar-refractivity contribution >= 4 is 11.9 Å². The number of carbonyl (C=O) groups excluding carboxylic acids is 1. The highest BCUT2D eigenvalue weighted by Crippen LogP contribution is 2.20. The van der Waals surface area contributed by atoms with Crippen LogP contribution in [0.15, 0.2) is 0 Å². The first kappa shape index (κ1) is 13.0. The standard InChI is InChI=1S/C11H19NO4/c1-11(2,3)12-6-7-16-8(10(12)15)4-5-9(13)14/h8H,4-7H2,1-3H3,(H,13,14). The van der Waals surface area contributed by atoms with Crippen LogP contribution in [0.4, 0.5) is 0 Å². The van der Waals surface area contributed by atoms with Crippen molar-refractivity contribution in [2.75, 3.05) is 13.2 Å². The molecule has 5 heteroatoms. The third kappa shape index (κ3) is 3.20. The SMILES string of the molecule is CC(C)(C)N1CCOC(CCC(=O)O)C1=O. The Labute approximate surface area is 95.4 Å². The van der Waals surface area contributed by atoms with Crippen LogP contribution in [-0.2, 0) is 14.3 Å². The first-order valence-electron chi connectivity index (χ1n) is 5.47. The van der Waals surface area contributed by atoms with E-state index in [0.717, 1.165) is 0 Å². The zero-order valence-electron chi connectivity index (χ0n) is 10.0. The summed E-state index contributed by atoms with van der Waals surface area (Å²) in [4.78, 5) is 24.2. The summed E-state index contributed by atoms with van der Waals surface area (Å²) in [5, 5.41) is 8.58. The quantitative estimate of drug-likeness (QED) is 0.780. The average Bonchev–Trinajstić information content (AvgIpc) is 2.14. The number of rotatable bonds is 3. The topological polar surface area (TPSA) is 66.8 Å². The molecule has 0 aromatic carbocycles. The minimum Gasteiger partial charge on any atom is -0.481 e. The Hall–Kier alpha value is -1.10. The largest absolute Gasteiger partial charge is 0.481 e. The van der Waals surface area contributed by atoms with Gasteiger partial charge < -0.3 is 14.7 Å². The van der Waals surface area contributed by atoms with Crippen molar-refractivity contribution in [2.24, 2.45) is 0 Å². The number of morpholine rings is 1. The number of nitrogens with zero attached hydrogens (tertiary/aromatic N) is 1. The Morgan fingerprint density at radius 1 is 1.56 bits per heavy atom. The number of aliphatic carboxylic acids is 1. The molecule has 1 unspecified atom stereocenters. The van der Waals surface area contributed by atoms with E-state index in [1.165, 1.54) is 0 Å². The van der Waals surface area contributed by atoms with E-state index in [0.29, 0.717) is 13.2 Å². The molecule has 0 radical (unpaired) electrons. The Bertz CT molecular complexity index is 282. The fourth-order valence-electron chi connectivity index (χ4n) is 1.77. The number of carboxylic acids is 1. The predicted molar refractivity (Wildman–Crippen MR) is 58.1 cm³/mol. The third-order valence-corrected chi connectivity index (χ3v) is 2.61. The van der Waals surface area contributed by atoms with Crippen LogP contribution in [0.3, 0.4) is 0 Å². The van der Waals surface area contributed by atoms with Crippen LogP contribution >= 0.6 is 0 Å². The normalized spacial score (nSPS) is 22.3. The molecular formula is C11H19NO4. The summed E-state index contributed by atoms with van der Waals surface area (Å²) in [7, 11) is 0. The Balaban J connectivity index is 2.61. The maximum absolute atomic E-state index is 12.0. The number of hydrogen-bond donors (Lipinski definition) is 1. The van der Waals surface area contributed by atoms with Crippen LogP contribution in [-0.4, -0.2) is 46.7 Å². The van der Waals surface area contributed by atoms with Crippen LogP contribution in [0.2, 0.25) is 0 Å². The molecule has 1 rings (SSSR count). The molecule has 1 saturated heterocycles. The lowest BCUT2D eigenvalue weighted by Crippen LogP contribution is -2.55. The first-order valence-corrected chi connectivity index (χ1v) is 5.47. The molecule has 0 aliphatic carbocycles. The fourth-order valence-corrected chi connectivity index (χ4v) is 1.77. The Morgan fingerprint density at radius 3 is 2.69 bits per heavy atom. The Kier molecular flexibility index (Phi) is 3.91. The van der Waals surface area contributed by atoms with Gasteiger partial charge in [0.05, 0.1) is 6.61 Å².